The molecule has 0 aliphatic carbocycles. The molecule has 3 rings (SSSR count). The van der Waals surface area contributed by atoms with Crippen LogP contribution in [0.2, 0.25) is 0 Å². The van der Waals surface area contributed by atoms with Crippen LogP contribution in [0, 0.1) is 11.8 Å². The number of rotatable bonds is 5. The van der Waals surface area contributed by atoms with Crippen molar-refractivity contribution in [1.29, 1.82) is 0 Å². The molecule has 0 aromatic carbocycles. The molecule has 156 valence electrons. The number of amides is 1. The van der Waals surface area contributed by atoms with E-state index >= 15 is 0 Å². The van der Waals surface area contributed by atoms with Gasteiger partial charge in [-0.15, -0.1) is 0 Å². The molecule has 0 saturated carbocycles. The number of likely N-dealkylation sites (tertiary alicyclic amines) is 1. The second-order valence-corrected chi connectivity index (χ2v) is 9.45. The number of anilines is 1. The van der Waals surface area contributed by atoms with Crippen molar-refractivity contribution < 1.29 is 9.90 Å². The van der Waals surface area contributed by atoms with E-state index < -0.39 is 5.60 Å². The molecule has 28 heavy (non-hydrogen) atoms. The first kappa shape index (κ1) is 21.1. The number of carbonyl (C=O) groups excluding carboxylic acids is 1. The number of hydrogen-bond donors (Lipinski definition) is 1. The summed E-state index contributed by atoms with van der Waals surface area (Å²) in [5.74, 6) is 2.98. The van der Waals surface area contributed by atoms with E-state index in [1.807, 2.05) is 11.1 Å². The summed E-state index contributed by atoms with van der Waals surface area (Å²) in [5.41, 5.74) is 0.365. The number of hydrogen-bond acceptors (Lipinski definition) is 4. The van der Waals surface area contributed by atoms with Crippen molar-refractivity contribution in [3.05, 3.63) is 23.9 Å². The molecule has 3 heterocycles. The van der Waals surface area contributed by atoms with Gasteiger partial charge in [-0.2, -0.15) is 0 Å². The first-order valence-corrected chi connectivity index (χ1v) is 11.0. The van der Waals surface area contributed by atoms with Gasteiger partial charge in [0.25, 0.3) is 0 Å². The van der Waals surface area contributed by atoms with E-state index in [1.54, 1.807) is 0 Å². The smallest absolute Gasteiger partial charge is 0.225 e. The van der Waals surface area contributed by atoms with Gasteiger partial charge in [-0.3, -0.25) is 4.79 Å². The van der Waals surface area contributed by atoms with Crippen molar-refractivity contribution >= 4 is 11.7 Å². The molecule has 0 unspecified atom stereocenters. The molecule has 1 amide bonds. The van der Waals surface area contributed by atoms with E-state index in [9.17, 15) is 9.90 Å². The average Bonchev–Trinajstić information content (AvgIpc) is 2.68. The fourth-order valence-electron chi connectivity index (χ4n) is 4.46. The zero-order chi connectivity index (χ0) is 20.3. The molecule has 0 spiro atoms. The Bertz CT molecular complexity index is 640. The Kier molecular flexibility index (Phi) is 6.64. The molecule has 2 aliphatic heterocycles. The number of piperidine rings is 2. The Labute approximate surface area is 170 Å². The lowest BCUT2D eigenvalue weighted by Gasteiger charge is -2.40. The molecule has 2 fully saturated rings. The predicted molar refractivity (Wildman–Crippen MR) is 113 cm³/mol. The van der Waals surface area contributed by atoms with Crippen LogP contribution in [-0.2, 0) is 4.79 Å². The quantitative estimate of drug-likeness (QED) is 0.834. The van der Waals surface area contributed by atoms with Gasteiger partial charge in [0, 0.05) is 32.4 Å². The van der Waals surface area contributed by atoms with Crippen LogP contribution < -0.4 is 4.90 Å². The van der Waals surface area contributed by atoms with Crippen molar-refractivity contribution in [1.82, 2.24) is 9.88 Å². The van der Waals surface area contributed by atoms with Crippen molar-refractivity contribution in [2.24, 2.45) is 11.8 Å². The van der Waals surface area contributed by atoms with Crippen LogP contribution in [0.1, 0.15) is 71.3 Å². The maximum Gasteiger partial charge on any atom is 0.225 e. The second-order valence-electron chi connectivity index (χ2n) is 9.45. The van der Waals surface area contributed by atoms with Crippen LogP contribution in [-0.4, -0.2) is 52.7 Å². The third-order valence-electron chi connectivity index (χ3n) is 6.77. The Hall–Kier alpha value is -1.62. The molecule has 5 nitrogen and oxygen atoms in total. The summed E-state index contributed by atoms with van der Waals surface area (Å²) in [4.78, 5) is 21.5. The van der Waals surface area contributed by atoms with Crippen LogP contribution in [0.5, 0.6) is 0 Å². The summed E-state index contributed by atoms with van der Waals surface area (Å²) in [6.45, 7) is 12.0. The van der Waals surface area contributed by atoms with Crippen molar-refractivity contribution in [2.45, 2.75) is 71.3 Å². The van der Waals surface area contributed by atoms with Gasteiger partial charge in [-0.05, 0) is 55.1 Å². The summed E-state index contributed by atoms with van der Waals surface area (Å²) in [6.07, 6.45) is 5.63. The Morgan fingerprint density at radius 3 is 2.29 bits per heavy atom. The third kappa shape index (κ3) is 5.05. The molecule has 2 saturated heterocycles. The van der Waals surface area contributed by atoms with Gasteiger partial charge in [0.05, 0.1) is 12.0 Å². The van der Waals surface area contributed by atoms with Gasteiger partial charge in [-0.25, -0.2) is 4.98 Å². The summed E-state index contributed by atoms with van der Waals surface area (Å²) < 4.78 is 0. The maximum atomic E-state index is 12.7. The lowest BCUT2D eigenvalue weighted by Crippen LogP contribution is -2.49. The van der Waals surface area contributed by atoms with Crippen LogP contribution >= 0.6 is 0 Å². The molecular weight excluding hydrogens is 350 g/mol. The maximum absolute atomic E-state index is 12.7. The molecule has 5 heteroatoms. The number of carbonyl (C=O) groups is 1. The molecule has 2 aliphatic rings. The van der Waals surface area contributed by atoms with Gasteiger partial charge >= 0.3 is 0 Å². The van der Waals surface area contributed by atoms with Gasteiger partial charge in [-0.1, -0.05) is 33.8 Å². The van der Waals surface area contributed by atoms with Crippen LogP contribution in [0.4, 0.5) is 5.82 Å². The van der Waals surface area contributed by atoms with Crippen molar-refractivity contribution in [3.8, 4) is 0 Å². The minimum Gasteiger partial charge on any atom is -0.389 e. The minimum atomic E-state index is -0.875. The SMILES string of the molecule is CC(C)c1ccc(N2CCC(O)(CC(=O)N3CCC(C(C)C)CC3)CC2)nc1. The number of nitrogens with zero attached hydrogens (tertiary/aromatic N) is 3. The zero-order valence-corrected chi connectivity index (χ0v) is 18.0. The largest absolute Gasteiger partial charge is 0.389 e. The second kappa shape index (κ2) is 8.81. The predicted octanol–water partition coefficient (Wildman–Crippen LogP) is 3.82. The van der Waals surface area contributed by atoms with Crippen LogP contribution in [0.3, 0.4) is 0 Å². The topological polar surface area (TPSA) is 56.7 Å². The summed E-state index contributed by atoms with van der Waals surface area (Å²) >= 11 is 0. The first-order valence-electron chi connectivity index (χ1n) is 11.0. The molecule has 0 atom stereocenters. The van der Waals surface area contributed by atoms with E-state index in [1.165, 1.54) is 5.56 Å². The lowest BCUT2D eigenvalue weighted by atomic mass is 9.85. The van der Waals surface area contributed by atoms with Crippen molar-refractivity contribution in [3.63, 3.8) is 0 Å². The molecule has 0 bridgehead atoms. The highest BCUT2D eigenvalue weighted by Crippen LogP contribution is 2.31. The van der Waals surface area contributed by atoms with Gasteiger partial charge in [0.1, 0.15) is 5.82 Å². The molecular formula is C23H37N3O2. The summed E-state index contributed by atoms with van der Waals surface area (Å²) in [7, 11) is 0. The number of aromatic nitrogens is 1. The first-order chi connectivity index (χ1) is 13.3. The van der Waals surface area contributed by atoms with Crippen LogP contribution in [0.15, 0.2) is 18.3 Å². The van der Waals surface area contributed by atoms with E-state index in [2.05, 4.69) is 49.7 Å². The average molecular weight is 388 g/mol. The van der Waals surface area contributed by atoms with E-state index in [-0.39, 0.29) is 12.3 Å². The van der Waals surface area contributed by atoms with Gasteiger partial charge in [0.15, 0.2) is 0 Å². The fraction of sp³-hybridized carbons (Fsp3) is 0.739. The highest BCUT2D eigenvalue weighted by Gasteiger charge is 2.37. The highest BCUT2D eigenvalue weighted by molar-refractivity contribution is 5.77. The van der Waals surface area contributed by atoms with E-state index in [0.29, 0.717) is 24.7 Å². The zero-order valence-electron chi connectivity index (χ0n) is 18.0. The fourth-order valence-corrected chi connectivity index (χ4v) is 4.46. The monoisotopic (exact) mass is 387 g/mol. The van der Waals surface area contributed by atoms with E-state index in [4.69, 9.17) is 0 Å². The van der Waals surface area contributed by atoms with Gasteiger partial charge in [0.2, 0.25) is 5.91 Å². The number of aliphatic hydroxyl groups is 1. The summed E-state index contributed by atoms with van der Waals surface area (Å²) in [5, 5.41) is 11.0. The Morgan fingerprint density at radius 1 is 1.14 bits per heavy atom. The molecule has 1 aromatic rings. The molecule has 0 radical (unpaired) electrons. The Balaban J connectivity index is 1.50. The normalized spacial score (nSPS) is 20.8. The Morgan fingerprint density at radius 2 is 1.79 bits per heavy atom. The third-order valence-corrected chi connectivity index (χ3v) is 6.77. The highest BCUT2D eigenvalue weighted by atomic mass is 16.3. The van der Waals surface area contributed by atoms with Crippen LogP contribution in [0.25, 0.3) is 0 Å². The number of pyridine rings is 1. The van der Waals surface area contributed by atoms with Crippen molar-refractivity contribution in [2.75, 3.05) is 31.1 Å². The van der Waals surface area contributed by atoms with E-state index in [0.717, 1.165) is 50.8 Å². The van der Waals surface area contributed by atoms with Gasteiger partial charge < -0.3 is 14.9 Å². The minimum absolute atomic E-state index is 0.123. The summed E-state index contributed by atoms with van der Waals surface area (Å²) in [6, 6.07) is 4.21. The molecule has 1 N–H and O–H groups in total. The molecule has 1 aromatic heterocycles. The lowest BCUT2D eigenvalue weighted by molar-refractivity contribution is -0.138. The standard InChI is InChI=1S/C23H37N3O2/c1-17(2)19-7-11-26(12-8-19)22(27)15-23(28)9-13-25(14-10-23)21-6-5-20(16-24-21)18(3)4/h5-6,16-19,28H,7-15H2,1-4H3.